The minimum atomic E-state index is -0.496. The van der Waals surface area contributed by atoms with E-state index in [9.17, 15) is 9.59 Å². The topological polar surface area (TPSA) is 89.6 Å². The Hall–Kier alpha value is -2.19. The van der Waals surface area contributed by atoms with Crippen molar-refractivity contribution >= 4 is 17.6 Å². The first-order valence-corrected chi connectivity index (χ1v) is 12.1. The highest BCUT2D eigenvalue weighted by Gasteiger charge is 2.60. The lowest BCUT2D eigenvalue weighted by molar-refractivity contribution is -0.139. The average Bonchev–Trinajstić information content (AvgIpc) is 2.77. The van der Waals surface area contributed by atoms with Crippen molar-refractivity contribution in [2.45, 2.75) is 44.7 Å². The van der Waals surface area contributed by atoms with Crippen LogP contribution in [0.2, 0.25) is 0 Å². The molecule has 1 aromatic heterocycles. The van der Waals surface area contributed by atoms with E-state index in [4.69, 9.17) is 0 Å². The highest BCUT2D eigenvalue weighted by atomic mass is 16.2. The maximum atomic E-state index is 13.2. The molecule has 0 unspecified atom stereocenters. The first-order valence-electron chi connectivity index (χ1n) is 12.1. The Kier molecular flexibility index (Phi) is 5.61. The summed E-state index contributed by atoms with van der Waals surface area (Å²) in [6.07, 6.45) is 6.30. The molecule has 2 amide bonds. The maximum absolute atomic E-state index is 13.2. The molecular weight excluding hydrogens is 404 g/mol. The van der Waals surface area contributed by atoms with Gasteiger partial charge in [-0.15, -0.1) is 0 Å². The van der Waals surface area contributed by atoms with E-state index in [-0.39, 0.29) is 29.1 Å². The lowest BCUT2D eigenvalue weighted by Crippen LogP contribution is -2.70. The molecule has 2 aliphatic heterocycles. The summed E-state index contributed by atoms with van der Waals surface area (Å²) in [5.41, 5.74) is -0.0358. The number of amides is 2. The predicted octanol–water partition coefficient (Wildman–Crippen LogP) is 1.51. The van der Waals surface area contributed by atoms with Gasteiger partial charge in [-0.2, -0.15) is 0 Å². The van der Waals surface area contributed by atoms with Gasteiger partial charge >= 0.3 is 0 Å². The molecule has 3 N–H and O–H groups in total. The lowest BCUT2D eigenvalue weighted by atomic mass is 9.51. The van der Waals surface area contributed by atoms with Crippen molar-refractivity contribution in [2.24, 2.45) is 17.3 Å². The zero-order valence-electron chi connectivity index (χ0n) is 19.3. The van der Waals surface area contributed by atoms with Gasteiger partial charge in [-0.05, 0) is 63.2 Å². The third-order valence-corrected chi connectivity index (χ3v) is 8.40. The molecule has 1 spiro atoms. The second-order valence-corrected chi connectivity index (χ2v) is 10.6. The van der Waals surface area contributed by atoms with E-state index in [0.29, 0.717) is 11.4 Å². The number of pyridine rings is 1. The third-order valence-electron chi connectivity index (χ3n) is 8.40. The number of carbonyl (C=O) groups excluding carboxylic acids is 2. The summed E-state index contributed by atoms with van der Waals surface area (Å²) < 4.78 is 0. The van der Waals surface area contributed by atoms with Crippen molar-refractivity contribution in [2.75, 3.05) is 51.6 Å². The normalized spacial score (nSPS) is 34.6. The summed E-state index contributed by atoms with van der Waals surface area (Å²) >= 11 is 0. The number of nitrogens with zero attached hydrogens (tertiary/aromatic N) is 3. The molecule has 8 nitrogen and oxygen atoms in total. The number of aromatic nitrogens is 1. The van der Waals surface area contributed by atoms with E-state index in [1.807, 2.05) is 0 Å². The number of anilines is 1. The van der Waals surface area contributed by atoms with Crippen LogP contribution in [0.15, 0.2) is 18.3 Å². The van der Waals surface area contributed by atoms with Gasteiger partial charge in [0.05, 0.1) is 5.56 Å². The number of rotatable bonds is 5. The van der Waals surface area contributed by atoms with Crippen LogP contribution in [0.3, 0.4) is 0 Å². The number of hydrogen-bond acceptors (Lipinski definition) is 6. The molecule has 174 valence electrons. The standard InChI is InChI=1S/C24H36N6O2/c1-23-7-6-17(24(16-23)27-20-18(21(31)28-24)5-3-8-25-20)15-19(23)22(32)26-9-4-10-30-13-11-29(2)12-14-30/h3,5,8,17,19H,4,6-7,9-16H2,1-2H3,(H,25,27)(H,26,32)(H,28,31)/t17-,19+,23+,24-/m0/s1. The number of fused-ring (bicyclic) bond motifs is 3. The van der Waals surface area contributed by atoms with Crippen molar-refractivity contribution in [3.8, 4) is 0 Å². The molecule has 0 aromatic carbocycles. The average molecular weight is 441 g/mol. The molecule has 4 atom stereocenters. The fourth-order valence-electron chi connectivity index (χ4n) is 6.43. The van der Waals surface area contributed by atoms with E-state index >= 15 is 0 Å². The smallest absolute Gasteiger partial charge is 0.256 e. The number of hydrogen-bond donors (Lipinski definition) is 3. The van der Waals surface area contributed by atoms with Crippen LogP contribution in [0.25, 0.3) is 0 Å². The number of nitrogens with one attached hydrogen (secondary N) is 3. The van der Waals surface area contributed by atoms with E-state index < -0.39 is 5.66 Å². The lowest BCUT2D eigenvalue weighted by Gasteiger charge is -2.60. The highest BCUT2D eigenvalue weighted by Crippen LogP contribution is 2.58. The highest BCUT2D eigenvalue weighted by molar-refractivity contribution is 6.01. The van der Waals surface area contributed by atoms with Gasteiger partial charge < -0.3 is 25.8 Å². The molecule has 3 heterocycles. The molecule has 32 heavy (non-hydrogen) atoms. The first-order chi connectivity index (χ1) is 15.4. The monoisotopic (exact) mass is 440 g/mol. The van der Waals surface area contributed by atoms with E-state index in [0.717, 1.165) is 71.4 Å². The predicted molar refractivity (Wildman–Crippen MR) is 123 cm³/mol. The van der Waals surface area contributed by atoms with E-state index in [1.54, 1.807) is 18.3 Å². The van der Waals surface area contributed by atoms with Gasteiger partial charge in [0, 0.05) is 50.8 Å². The van der Waals surface area contributed by atoms with Crippen LogP contribution < -0.4 is 16.0 Å². The molecule has 8 heteroatoms. The number of likely N-dealkylation sites (N-methyl/N-ethyl adjacent to an activating group) is 1. The van der Waals surface area contributed by atoms with Gasteiger partial charge in [0.25, 0.3) is 5.91 Å². The second-order valence-electron chi connectivity index (χ2n) is 10.6. The summed E-state index contributed by atoms with van der Waals surface area (Å²) in [5.74, 6) is 1.01. The minimum Gasteiger partial charge on any atom is -0.356 e. The van der Waals surface area contributed by atoms with Crippen molar-refractivity contribution in [3.63, 3.8) is 0 Å². The van der Waals surface area contributed by atoms with Crippen molar-refractivity contribution in [3.05, 3.63) is 23.9 Å². The molecule has 3 saturated carbocycles. The summed E-state index contributed by atoms with van der Waals surface area (Å²) in [4.78, 5) is 35.2. The van der Waals surface area contributed by atoms with Crippen molar-refractivity contribution in [1.82, 2.24) is 25.4 Å². The van der Waals surface area contributed by atoms with E-state index in [1.165, 1.54) is 0 Å². The molecule has 0 radical (unpaired) electrons. The Bertz CT molecular complexity index is 885. The Balaban J connectivity index is 1.19. The quantitative estimate of drug-likeness (QED) is 0.602. The van der Waals surface area contributed by atoms with Gasteiger partial charge in [0.15, 0.2) is 0 Å². The van der Waals surface area contributed by atoms with Crippen molar-refractivity contribution < 1.29 is 9.59 Å². The summed E-state index contributed by atoms with van der Waals surface area (Å²) in [6, 6.07) is 3.59. The molecular formula is C24H36N6O2. The third kappa shape index (κ3) is 3.88. The number of piperazine rings is 1. The summed E-state index contributed by atoms with van der Waals surface area (Å²) in [7, 11) is 2.17. The Morgan fingerprint density at radius 3 is 2.88 bits per heavy atom. The van der Waals surface area contributed by atoms with Crippen LogP contribution in [0.5, 0.6) is 0 Å². The Morgan fingerprint density at radius 1 is 1.28 bits per heavy atom. The van der Waals surface area contributed by atoms with Crippen LogP contribution in [0.4, 0.5) is 5.82 Å². The molecule has 2 bridgehead atoms. The Morgan fingerprint density at radius 2 is 2.09 bits per heavy atom. The van der Waals surface area contributed by atoms with Gasteiger partial charge in [-0.1, -0.05) is 6.92 Å². The van der Waals surface area contributed by atoms with Gasteiger partial charge in [0.2, 0.25) is 5.91 Å². The van der Waals surface area contributed by atoms with Crippen LogP contribution in [0.1, 0.15) is 49.4 Å². The summed E-state index contributed by atoms with van der Waals surface area (Å²) in [5, 5.41) is 10.1. The van der Waals surface area contributed by atoms with Gasteiger partial charge in [-0.3, -0.25) is 9.59 Å². The first kappa shape index (κ1) is 21.6. The van der Waals surface area contributed by atoms with Gasteiger partial charge in [-0.25, -0.2) is 4.98 Å². The Labute approximate surface area is 190 Å². The molecule has 1 saturated heterocycles. The maximum Gasteiger partial charge on any atom is 0.256 e. The summed E-state index contributed by atoms with van der Waals surface area (Å²) in [6.45, 7) is 8.49. The van der Waals surface area contributed by atoms with Gasteiger partial charge in [0.1, 0.15) is 11.5 Å². The fourth-order valence-corrected chi connectivity index (χ4v) is 6.43. The minimum absolute atomic E-state index is 0.000609. The largest absolute Gasteiger partial charge is 0.356 e. The fraction of sp³-hybridized carbons (Fsp3) is 0.708. The zero-order valence-corrected chi connectivity index (χ0v) is 19.3. The molecule has 5 aliphatic rings. The molecule has 3 aliphatic carbocycles. The van der Waals surface area contributed by atoms with Crippen LogP contribution in [-0.4, -0.2) is 78.6 Å². The molecule has 6 rings (SSSR count). The second kappa shape index (κ2) is 8.30. The SMILES string of the molecule is CN1CCN(CCCNC(=O)[C@H]2C[C@@H]3CC[C@]2(C)C[C@]32NC(=O)c3cccnc3N2)CC1. The van der Waals surface area contributed by atoms with E-state index in [2.05, 4.69) is 44.7 Å². The van der Waals surface area contributed by atoms with Crippen LogP contribution in [0, 0.1) is 17.3 Å². The van der Waals surface area contributed by atoms with Crippen molar-refractivity contribution in [1.29, 1.82) is 0 Å². The number of carbonyl (C=O) groups is 2. The van der Waals surface area contributed by atoms with Crippen LogP contribution >= 0.6 is 0 Å². The van der Waals surface area contributed by atoms with Crippen LogP contribution in [-0.2, 0) is 4.79 Å². The molecule has 1 aromatic rings. The zero-order chi connectivity index (χ0) is 22.3. The molecule has 4 fully saturated rings.